The van der Waals surface area contributed by atoms with Crippen molar-refractivity contribution in [1.82, 2.24) is 0 Å². The van der Waals surface area contributed by atoms with Gasteiger partial charge in [0.1, 0.15) is 0 Å². The van der Waals surface area contributed by atoms with Gasteiger partial charge >= 0.3 is 0 Å². The van der Waals surface area contributed by atoms with Gasteiger partial charge in [-0.25, -0.2) is 0 Å². The highest BCUT2D eigenvalue weighted by atomic mass is 14.4. The van der Waals surface area contributed by atoms with E-state index in [-0.39, 0.29) is 0 Å². The Morgan fingerprint density at radius 1 is 1.45 bits per heavy atom. The summed E-state index contributed by atoms with van der Waals surface area (Å²) >= 11 is 0. The van der Waals surface area contributed by atoms with E-state index >= 15 is 0 Å². The molecule has 1 saturated carbocycles. The lowest BCUT2D eigenvalue weighted by Gasteiger charge is -2.13. The molecule has 0 bridgehead atoms. The van der Waals surface area contributed by atoms with Gasteiger partial charge in [0.15, 0.2) is 0 Å². The minimum atomic E-state index is 1.03. The van der Waals surface area contributed by atoms with Crippen molar-refractivity contribution in [3.05, 3.63) is 11.6 Å². The van der Waals surface area contributed by atoms with Crippen molar-refractivity contribution in [3.63, 3.8) is 0 Å². The fourth-order valence-corrected chi connectivity index (χ4v) is 1.86. The second-order valence-electron chi connectivity index (χ2n) is 3.43. The molecule has 0 aromatic rings. The number of fused-ring (bicyclic) bond motifs is 1. The summed E-state index contributed by atoms with van der Waals surface area (Å²) in [6, 6.07) is 0. The first kappa shape index (κ1) is 8.83. The Labute approximate surface area is 70.7 Å². The van der Waals surface area contributed by atoms with Gasteiger partial charge in [-0.3, -0.25) is 0 Å². The molecule has 0 spiro atoms. The molecule has 0 N–H and O–H groups in total. The van der Waals surface area contributed by atoms with Gasteiger partial charge in [0.05, 0.1) is 0 Å². The molecule has 0 saturated heterocycles. The molecule has 0 amide bonds. The average molecular weight is 152 g/mol. The molecule has 0 aliphatic heterocycles. The number of rotatable bonds is 1. The Morgan fingerprint density at radius 2 is 2.18 bits per heavy atom. The van der Waals surface area contributed by atoms with Crippen LogP contribution < -0.4 is 0 Å². The molecular weight excluding hydrogens is 132 g/mol. The molecule has 0 heteroatoms. The van der Waals surface area contributed by atoms with Crippen molar-refractivity contribution < 1.29 is 0 Å². The van der Waals surface area contributed by atoms with Crippen LogP contribution in [0.4, 0.5) is 0 Å². The maximum Gasteiger partial charge on any atom is -0.0163 e. The van der Waals surface area contributed by atoms with Gasteiger partial charge in [0.2, 0.25) is 0 Å². The van der Waals surface area contributed by atoms with Gasteiger partial charge in [0.25, 0.3) is 0 Å². The summed E-state index contributed by atoms with van der Waals surface area (Å²) in [4.78, 5) is 0. The zero-order valence-corrected chi connectivity index (χ0v) is 8.06. The highest BCUT2D eigenvalue weighted by Gasteiger charge is 2.33. The van der Waals surface area contributed by atoms with Crippen molar-refractivity contribution in [2.24, 2.45) is 11.8 Å². The highest BCUT2D eigenvalue weighted by molar-refractivity contribution is 5.25. The summed E-state index contributed by atoms with van der Waals surface area (Å²) in [6.45, 7) is 6.31. The van der Waals surface area contributed by atoms with Crippen LogP contribution in [0.25, 0.3) is 0 Å². The minimum absolute atomic E-state index is 1.03. The summed E-state index contributed by atoms with van der Waals surface area (Å²) < 4.78 is 0. The first-order valence-electron chi connectivity index (χ1n) is 5.09. The number of allylic oxidation sites excluding steroid dienone is 2. The molecule has 0 aromatic carbocycles. The van der Waals surface area contributed by atoms with E-state index in [0.717, 1.165) is 11.8 Å². The Morgan fingerprint density at radius 3 is 2.73 bits per heavy atom. The van der Waals surface area contributed by atoms with Crippen molar-refractivity contribution in [2.45, 2.75) is 46.5 Å². The zero-order valence-electron chi connectivity index (χ0n) is 8.06. The molecule has 2 aliphatic rings. The number of hydrogen-bond acceptors (Lipinski definition) is 0. The monoisotopic (exact) mass is 152 g/mol. The Bertz CT molecular complexity index is 144. The van der Waals surface area contributed by atoms with Gasteiger partial charge in [-0.2, -0.15) is 0 Å². The van der Waals surface area contributed by atoms with Gasteiger partial charge in [0, 0.05) is 0 Å². The van der Waals surface area contributed by atoms with Gasteiger partial charge < -0.3 is 0 Å². The quantitative estimate of drug-likeness (QED) is 0.502. The van der Waals surface area contributed by atoms with Crippen LogP contribution in [-0.4, -0.2) is 0 Å². The molecule has 2 unspecified atom stereocenters. The Balaban J connectivity index is 0.000000281. The molecule has 2 rings (SSSR count). The van der Waals surface area contributed by atoms with Gasteiger partial charge in [-0.15, -0.1) is 0 Å². The van der Waals surface area contributed by atoms with E-state index in [2.05, 4.69) is 13.0 Å². The SMILES string of the molecule is CC.CCC1CC=C2CC2C1. The Kier molecular flexibility index (Phi) is 3.16. The van der Waals surface area contributed by atoms with E-state index in [0.29, 0.717) is 0 Å². The normalized spacial score (nSPS) is 32.8. The van der Waals surface area contributed by atoms with Crippen LogP contribution >= 0.6 is 0 Å². The van der Waals surface area contributed by atoms with E-state index in [4.69, 9.17) is 0 Å². The first-order valence-corrected chi connectivity index (χ1v) is 5.09. The van der Waals surface area contributed by atoms with Crippen LogP contribution in [0, 0.1) is 11.8 Å². The third kappa shape index (κ3) is 2.08. The molecule has 0 nitrogen and oxygen atoms in total. The van der Waals surface area contributed by atoms with E-state index < -0.39 is 0 Å². The second-order valence-corrected chi connectivity index (χ2v) is 3.43. The summed E-state index contributed by atoms with van der Waals surface area (Å²) in [6.07, 6.45) is 8.18. The van der Waals surface area contributed by atoms with Crippen LogP contribution in [0.1, 0.15) is 46.5 Å². The van der Waals surface area contributed by atoms with E-state index in [9.17, 15) is 0 Å². The van der Waals surface area contributed by atoms with Crippen molar-refractivity contribution in [2.75, 3.05) is 0 Å². The van der Waals surface area contributed by atoms with Crippen LogP contribution in [0.5, 0.6) is 0 Å². The summed E-state index contributed by atoms with van der Waals surface area (Å²) in [7, 11) is 0. The van der Waals surface area contributed by atoms with Crippen molar-refractivity contribution in [3.8, 4) is 0 Å². The van der Waals surface area contributed by atoms with E-state index in [1.165, 1.54) is 25.7 Å². The molecule has 11 heavy (non-hydrogen) atoms. The predicted octanol–water partition coefficient (Wildman–Crippen LogP) is 3.78. The summed E-state index contributed by atoms with van der Waals surface area (Å²) in [5.74, 6) is 2.07. The molecule has 2 aliphatic carbocycles. The molecule has 2 atom stereocenters. The zero-order chi connectivity index (χ0) is 8.27. The van der Waals surface area contributed by atoms with E-state index in [1.54, 1.807) is 5.57 Å². The smallest absolute Gasteiger partial charge is 0.0163 e. The molecular formula is C11H20. The van der Waals surface area contributed by atoms with Crippen LogP contribution in [-0.2, 0) is 0 Å². The molecule has 0 heterocycles. The summed E-state index contributed by atoms with van der Waals surface area (Å²) in [5.41, 5.74) is 1.76. The van der Waals surface area contributed by atoms with Crippen molar-refractivity contribution in [1.29, 1.82) is 0 Å². The van der Waals surface area contributed by atoms with Crippen LogP contribution in [0.15, 0.2) is 11.6 Å². The fourth-order valence-electron chi connectivity index (χ4n) is 1.86. The lowest BCUT2D eigenvalue weighted by Crippen LogP contribution is -2.01. The highest BCUT2D eigenvalue weighted by Crippen LogP contribution is 2.47. The molecule has 64 valence electrons. The summed E-state index contributed by atoms with van der Waals surface area (Å²) in [5, 5.41) is 0. The average Bonchev–Trinajstić information content (AvgIpc) is 2.85. The third-order valence-electron chi connectivity index (χ3n) is 2.75. The lowest BCUT2D eigenvalue weighted by molar-refractivity contribution is 0.442. The lowest BCUT2D eigenvalue weighted by atomic mass is 9.92. The molecule has 0 radical (unpaired) electrons. The molecule has 1 fully saturated rings. The first-order chi connectivity index (χ1) is 5.40. The minimum Gasteiger partial charge on any atom is -0.0847 e. The van der Waals surface area contributed by atoms with Crippen molar-refractivity contribution >= 4 is 0 Å². The third-order valence-corrected chi connectivity index (χ3v) is 2.75. The van der Waals surface area contributed by atoms with Crippen LogP contribution in [0.2, 0.25) is 0 Å². The van der Waals surface area contributed by atoms with E-state index in [1.807, 2.05) is 13.8 Å². The van der Waals surface area contributed by atoms with Gasteiger partial charge in [-0.05, 0) is 31.1 Å². The standard InChI is InChI=1S/C9H14.C2H6/c1-2-7-3-4-8-6-9(8)5-7;1-2/h4,7,9H,2-3,5-6H2,1H3;1-2H3. The molecule has 0 aromatic heterocycles. The predicted molar refractivity (Wildman–Crippen MR) is 50.6 cm³/mol. The maximum absolute atomic E-state index is 2.47. The second kappa shape index (κ2) is 3.94. The largest absolute Gasteiger partial charge is 0.0847 e. The maximum atomic E-state index is 2.47. The fraction of sp³-hybridized carbons (Fsp3) is 0.818. The van der Waals surface area contributed by atoms with Crippen LogP contribution in [0.3, 0.4) is 0 Å². The Hall–Kier alpha value is -0.260. The topological polar surface area (TPSA) is 0 Å². The number of hydrogen-bond donors (Lipinski definition) is 0. The van der Waals surface area contributed by atoms with Gasteiger partial charge in [-0.1, -0.05) is 38.8 Å².